The standard InChI is InChI=1S/C17H24N2O3S/c1-11(2)19-13-8-6-7-9-14(13)23-10-12(15(19)20)18-16(21)22-17(3,4)5/h6-9,11-12H,10H2,1-5H3,(H,18,21)/t12-/m0/s1. The minimum absolute atomic E-state index is 0.00489. The SMILES string of the molecule is CC(C)N1C(=O)[C@@H](NC(=O)OC(C)(C)C)CSc2ccccc21. The van der Waals surface area contributed by atoms with Crippen LogP contribution in [0, 0.1) is 0 Å². The number of ether oxygens (including phenoxy) is 1. The van der Waals surface area contributed by atoms with Gasteiger partial charge in [-0.2, -0.15) is 0 Å². The number of anilines is 1. The summed E-state index contributed by atoms with van der Waals surface area (Å²) in [5.74, 6) is 0.376. The predicted molar refractivity (Wildman–Crippen MR) is 92.9 cm³/mol. The third-order valence-corrected chi connectivity index (χ3v) is 4.43. The van der Waals surface area contributed by atoms with Crippen molar-refractivity contribution in [2.24, 2.45) is 0 Å². The summed E-state index contributed by atoms with van der Waals surface area (Å²) in [6.45, 7) is 9.33. The van der Waals surface area contributed by atoms with Crippen molar-refractivity contribution in [3.8, 4) is 0 Å². The van der Waals surface area contributed by atoms with Crippen LogP contribution < -0.4 is 10.2 Å². The molecule has 2 amide bonds. The van der Waals surface area contributed by atoms with Crippen LogP contribution in [0.4, 0.5) is 10.5 Å². The molecule has 0 radical (unpaired) electrons. The Balaban J connectivity index is 2.22. The maximum Gasteiger partial charge on any atom is 0.408 e. The van der Waals surface area contributed by atoms with Gasteiger partial charge in [0.25, 0.3) is 5.91 Å². The molecule has 0 unspecified atom stereocenters. The van der Waals surface area contributed by atoms with Crippen LogP contribution in [0.2, 0.25) is 0 Å². The van der Waals surface area contributed by atoms with Gasteiger partial charge in [-0.3, -0.25) is 4.79 Å². The lowest BCUT2D eigenvalue weighted by molar-refractivity contribution is -0.120. The number of hydrogen-bond donors (Lipinski definition) is 1. The van der Waals surface area contributed by atoms with Crippen LogP contribution in [0.3, 0.4) is 0 Å². The van der Waals surface area contributed by atoms with Crippen molar-refractivity contribution in [2.45, 2.75) is 57.2 Å². The van der Waals surface area contributed by atoms with E-state index in [1.54, 1.807) is 37.4 Å². The zero-order valence-electron chi connectivity index (χ0n) is 14.3. The van der Waals surface area contributed by atoms with Gasteiger partial charge in [-0.15, -0.1) is 11.8 Å². The number of amides is 2. The summed E-state index contributed by atoms with van der Waals surface area (Å²) in [6, 6.07) is 7.21. The van der Waals surface area contributed by atoms with Crippen molar-refractivity contribution >= 4 is 29.4 Å². The average molecular weight is 336 g/mol. The van der Waals surface area contributed by atoms with Gasteiger partial charge < -0.3 is 15.0 Å². The number of rotatable bonds is 2. The Morgan fingerprint density at radius 2 is 2.00 bits per heavy atom. The molecule has 0 bridgehead atoms. The molecule has 23 heavy (non-hydrogen) atoms. The summed E-state index contributed by atoms with van der Waals surface area (Å²) < 4.78 is 5.27. The molecular formula is C17H24N2O3S. The molecule has 0 spiro atoms. The fraction of sp³-hybridized carbons (Fsp3) is 0.529. The number of nitrogens with one attached hydrogen (secondary N) is 1. The average Bonchev–Trinajstić information content (AvgIpc) is 2.54. The van der Waals surface area contributed by atoms with Crippen molar-refractivity contribution in [1.29, 1.82) is 0 Å². The summed E-state index contributed by atoms with van der Waals surface area (Å²) in [6.07, 6.45) is -0.564. The van der Waals surface area contributed by atoms with Crippen molar-refractivity contribution < 1.29 is 14.3 Å². The molecule has 1 heterocycles. The Labute approximate surface area is 141 Å². The molecule has 0 saturated heterocycles. The van der Waals surface area contributed by atoms with E-state index in [0.29, 0.717) is 5.75 Å². The third kappa shape index (κ3) is 4.41. The van der Waals surface area contributed by atoms with Crippen LogP contribution in [-0.2, 0) is 9.53 Å². The zero-order chi connectivity index (χ0) is 17.2. The van der Waals surface area contributed by atoms with Gasteiger partial charge in [0.05, 0.1) is 5.69 Å². The second-order valence-electron chi connectivity index (χ2n) is 6.78. The Kier molecular flexibility index (Phi) is 5.24. The summed E-state index contributed by atoms with van der Waals surface area (Å²) in [5, 5.41) is 2.71. The van der Waals surface area contributed by atoms with Gasteiger partial charge in [-0.1, -0.05) is 12.1 Å². The lowest BCUT2D eigenvalue weighted by Crippen LogP contribution is -2.52. The largest absolute Gasteiger partial charge is 0.444 e. The molecule has 1 aliphatic heterocycles. The molecule has 6 heteroatoms. The summed E-state index contributed by atoms with van der Waals surface area (Å²) >= 11 is 1.57. The van der Waals surface area contributed by atoms with Crippen LogP contribution in [0.5, 0.6) is 0 Å². The van der Waals surface area contributed by atoms with Gasteiger partial charge >= 0.3 is 6.09 Å². The minimum Gasteiger partial charge on any atom is -0.444 e. The Morgan fingerprint density at radius 3 is 2.61 bits per heavy atom. The van der Waals surface area contributed by atoms with Crippen molar-refractivity contribution in [3.63, 3.8) is 0 Å². The number of alkyl carbamates (subject to hydrolysis) is 1. The summed E-state index contributed by atoms with van der Waals surface area (Å²) in [7, 11) is 0. The predicted octanol–water partition coefficient (Wildman–Crippen LogP) is 3.43. The molecule has 0 aromatic heterocycles. The van der Waals surface area contributed by atoms with Gasteiger partial charge in [0, 0.05) is 16.7 Å². The Bertz CT molecular complexity index is 596. The number of nitrogens with zero attached hydrogens (tertiary/aromatic N) is 1. The molecule has 0 fully saturated rings. The molecule has 1 N–H and O–H groups in total. The van der Waals surface area contributed by atoms with E-state index in [1.807, 2.05) is 38.1 Å². The van der Waals surface area contributed by atoms with Gasteiger partial charge in [-0.05, 0) is 46.8 Å². The number of carbonyl (C=O) groups excluding carboxylic acids is 2. The Hall–Kier alpha value is -1.69. The first-order valence-electron chi connectivity index (χ1n) is 7.73. The van der Waals surface area contributed by atoms with Crippen LogP contribution in [0.15, 0.2) is 29.2 Å². The van der Waals surface area contributed by atoms with E-state index in [0.717, 1.165) is 10.6 Å². The number of fused-ring (bicyclic) bond motifs is 1. The molecule has 5 nitrogen and oxygen atoms in total. The van der Waals surface area contributed by atoms with Gasteiger partial charge in [-0.25, -0.2) is 4.79 Å². The van der Waals surface area contributed by atoms with Crippen molar-refractivity contribution in [3.05, 3.63) is 24.3 Å². The second-order valence-corrected chi connectivity index (χ2v) is 7.84. The molecule has 2 rings (SSSR count). The highest BCUT2D eigenvalue weighted by atomic mass is 32.2. The highest BCUT2D eigenvalue weighted by Gasteiger charge is 2.34. The van der Waals surface area contributed by atoms with E-state index in [4.69, 9.17) is 4.74 Å². The van der Waals surface area contributed by atoms with E-state index in [-0.39, 0.29) is 11.9 Å². The molecule has 0 aliphatic carbocycles. The molecule has 1 atom stereocenters. The smallest absolute Gasteiger partial charge is 0.408 e. The van der Waals surface area contributed by atoms with E-state index in [2.05, 4.69) is 5.32 Å². The quantitative estimate of drug-likeness (QED) is 0.899. The van der Waals surface area contributed by atoms with Crippen LogP contribution in [-0.4, -0.2) is 35.4 Å². The topological polar surface area (TPSA) is 58.6 Å². The number of hydrogen-bond acceptors (Lipinski definition) is 4. The minimum atomic E-state index is -0.607. The summed E-state index contributed by atoms with van der Waals surface area (Å²) in [4.78, 5) is 27.7. The molecule has 1 aromatic rings. The first kappa shape index (κ1) is 17.7. The van der Waals surface area contributed by atoms with Gasteiger partial charge in [0.15, 0.2) is 0 Å². The van der Waals surface area contributed by atoms with Crippen LogP contribution in [0.1, 0.15) is 34.6 Å². The number of benzene rings is 1. The lowest BCUT2D eigenvalue weighted by Gasteiger charge is -2.29. The molecule has 1 aliphatic rings. The van der Waals surface area contributed by atoms with Crippen molar-refractivity contribution in [1.82, 2.24) is 5.32 Å². The van der Waals surface area contributed by atoms with E-state index in [1.165, 1.54) is 0 Å². The first-order chi connectivity index (χ1) is 10.7. The molecule has 0 saturated carbocycles. The number of carbonyl (C=O) groups is 2. The zero-order valence-corrected chi connectivity index (χ0v) is 15.1. The first-order valence-corrected chi connectivity index (χ1v) is 8.72. The normalized spacial score (nSPS) is 18.4. The molecule has 1 aromatic carbocycles. The fourth-order valence-corrected chi connectivity index (χ4v) is 3.46. The van der Waals surface area contributed by atoms with E-state index in [9.17, 15) is 9.59 Å². The summed E-state index contributed by atoms with van der Waals surface area (Å²) in [5.41, 5.74) is 0.303. The van der Waals surface area contributed by atoms with Crippen LogP contribution in [0.25, 0.3) is 0 Å². The highest BCUT2D eigenvalue weighted by Crippen LogP contribution is 2.35. The highest BCUT2D eigenvalue weighted by molar-refractivity contribution is 7.99. The molecular weight excluding hydrogens is 312 g/mol. The van der Waals surface area contributed by atoms with E-state index >= 15 is 0 Å². The van der Waals surface area contributed by atoms with Gasteiger partial charge in [0.2, 0.25) is 0 Å². The monoisotopic (exact) mass is 336 g/mol. The second kappa shape index (κ2) is 6.83. The van der Waals surface area contributed by atoms with Crippen LogP contribution >= 0.6 is 11.8 Å². The number of thioether (sulfide) groups is 1. The Morgan fingerprint density at radius 1 is 1.35 bits per heavy atom. The maximum atomic E-state index is 12.9. The molecule has 126 valence electrons. The lowest BCUT2D eigenvalue weighted by atomic mass is 10.2. The van der Waals surface area contributed by atoms with Gasteiger partial charge in [0.1, 0.15) is 11.6 Å². The van der Waals surface area contributed by atoms with Crippen molar-refractivity contribution in [2.75, 3.05) is 10.7 Å². The maximum absolute atomic E-state index is 12.9. The fourth-order valence-electron chi connectivity index (χ4n) is 2.40. The number of para-hydroxylation sites is 1. The third-order valence-electron chi connectivity index (χ3n) is 3.27. The van der Waals surface area contributed by atoms with E-state index < -0.39 is 17.7 Å².